The summed E-state index contributed by atoms with van der Waals surface area (Å²) in [6.45, 7) is 2.81. The van der Waals surface area contributed by atoms with Gasteiger partial charge in [0.1, 0.15) is 12.4 Å². The number of rotatable bonds is 5. The highest BCUT2D eigenvalue weighted by molar-refractivity contribution is 9.11. The molecule has 0 bridgehead atoms. The van der Waals surface area contributed by atoms with Crippen molar-refractivity contribution in [2.24, 2.45) is 0 Å². The van der Waals surface area contributed by atoms with Gasteiger partial charge < -0.3 is 10.2 Å². The van der Waals surface area contributed by atoms with Crippen LogP contribution in [0.4, 0.5) is 10.1 Å². The summed E-state index contributed by atoms with van der Waals surface area (Å²) in [6.07, 6.45) is 0. The van der Waals surface area contributed by atoms with E-state index in [1.807, 2.05) is 19.2 Å². The van der Waals surface area contributed by atoms with Crippen molar-refractivity contribution >= 4 is 38.9 Å². The average Bonchev–Trinajstić information content (AvgIpc) is 2.79. The zero-order valence-corrected chi connectivity index (χ0v) is 14.3. The highest BCUT2D eigenvalue weighted by Crippen LogP contribution is 2.21. The van der Waals surface area contributed by atoms with Crippen LogP contribution in [0.1, 0.15) is 10.4 Å². The van der Waals surface area contributed by atoms with E-state index in [1.165, 1.54) is 10.9 Å². The second-order valence-corrected chi connectivity index (χ2v) is 7.58. The van der Waals surface area contributed by atoms with E-state index in [0.717, 1.165) is 15.2 Å². The Balaban J connectivity index is 1.87. The average molecular weight is 372 g/mol. The number of amides is 1. The lowest BCUT2D eigenvalue weighted by atomic mass is 10.2. The Hall–Kier alpha value is -1.24. The van der Waals surface area contributed by atoms with Crippen molar-refractivity contribution in [1.29, 1.82) is 0 Å². The molecule has 2 aromatic rings. The maximum atomic E-state index is 13.4. The molecule has 0 radical (unpaired) electrons. The molecule has 0 aliphatic rings. The second kappa shape index (κ2) is 7.15. The molecule has 0 saturated heterocycles. The van der Waals surface area contributed by atoms with Gasteiger partial charge in [0.25, 0.3) is 5.91 Å². The van der Waals surface area contributed by atoms with E-state index in [4.69, 9.17) is 0 Å². The summed E-state index contributed by atoms with van der Waals surface area (Å²) in [7, 11) is 1.96. The minimum absolute atomic E-state index is 0.119. The highest BCUT2D eigenvalue weighted by Gasteiger charge is 2.12. The third-order valence-corrected chi connectivity index (χ3v) is 4.65. The number of aryl methyl sites for hydroxylation is 1. The van der Waals surface area contributed by atoms with Crippen molar-refractivity contribution in [3.8, 4) is 0 Å². The fourth-order valence-corrected chi connectivity index (χ4v) is 3.55. The molecule has 2 rings (SSSR count). The molecule has 112 valence electrons. The molecule has 1 atom stereocenters. The van der Waals surface area contributed by atoms with Gasteiger partial charge in [-0.25, -0.2) is 4.39 Å². The van der Waals surface area contributed by atoms with Crippen molar-refractivity contribution in [3.05, 3.63) is 50.4 Å². The molecule has 3 nitrogen and oxygen atoms in total. The maximum absolute atomic E-state index is 13.4. The third kappa shape index (κ3) is 4.91. The normalized spacial score (nSPS) is 12.2. The Morgan fingerprint density at radius 2 is 2.14 bits per heavy atom. The smallest absolute Gasteiger partial charge is 0.279 e. The number of carbonyl (C=O) groups excluding carboxylic acids is 1. The van der Waals surface area contributed by atoms with Crippen molar-refractivity contribution in [1.82, 2.24) is 0 Å². The van der Waals surface area contributed by atoms with Crippen LogP contribution in [0.2, 0.25) is 0 Å². The predicted molar refractivity (Wildman–Crippen MR) is 87.2 cm³/mol. The highest BCUT2D eigenvalue weighted by atomic mass is 79.9. The monoisotopic (exact) mass is 371 g/mol. The SMILES string of the molecule is Cc1ccc(NC(=O)C[NH+](C)Cc2ccc(Br)s2)cc1F. The number of thiophene rings is 1. The predicted octanol–water partition coefficient (Wildman–Crippen LogP) is 2.61. The van der Waals surface area contributed by atoms with E-state index >= 15 is 0 Å². The number of anilines is 1. The lowest BCUT2D eigenvalue weighted by Crippen LogP contribution is -3.08. The number of likely N-dealkylation sites (N-methyl/N-ethyl adjacent to an activating group) is 1. The Kier molecular flexibility index (Phi) is 5.50. The molecule has 1 unspecified atom stereocenters. The topological polar surface area (TPSA) is 33.5 Å². The summed E-state index contributed by atoms with van der Waals surface area (Å²) in [5, 5.41) is 2.73. The van der Waals surface area contributed by atoms with E-state index < -0.39 is 0 Å². The van der Waals surface area contributed by atoms with Crippen molar-refractivity contribution in [2.45, 2.75) is 13.5 Å². The Bertz CT molecular complexity index is 644. The second-order valence-electron chi connectivity index (χ2n) is 5.03. The van der Waals surface area contributed by atoms with Gasteiger partial charge in [-0.2, -0.15) is 0 Å². The molecule has 0 aliphatic carbocycles. The lowest BCUT2D eigenvalue weighted by molar-refractivity contribution is -0.884. The van der Waals surface area contributed by atoms with Gasteiger partial charge in [0.05, 0.1) is 15.7 Å². The number of hydrogen-bond donors (Lipinski definition) is 2. The Morgan fingerprint density at radius 1 is 1.38 bits per heavy atom. The summed E-state index contributed by atoms with van der Waals surface area (Å²) < 4.78 is 14.5. The van der Waals surface area contributed by atoms with Gasteiger partial charge in [0.2, 0.25) is 0 Å². The number of hydrogen-bond acceptors (Lipinski definition) is 2. The largest absolute Gasteiger partial charge is 0.325 e. The number of quaternary nitrogens is 1. The van der Waals surface area contributed by atoms with Crippen molar-refractivity contribution < 1.29 is 14.1 Å². The quantitative estimate of drug-likeness (QED) is 0.831. The maximum Gasteiger partial charge on any atom is 0.279 e. The molecule has 1 heterocycles. The van der Waals surface area contributed by atoms with Gasteiger partial charge in [-0.05, 0) is 52.7 Å². The zero-order valence-electron chi connectivity index (χ0n) is 11.9. The standard InChI is InChI=1S/C15H16BrFN2OS/c1-10-3-4-11(7-13(10)17)18-15(20)9-19(2)8-12-5-6-14(16)21-12/h3-7H,8-9H2,1-2H3,(H,18,20)/p+1. The van der Waals surface area contributed by atoms with E-state index in [-0.39, 0.29) is 11.7 Å². The van der Waals surface area contributed by atoms with Gasteiger partial charge >= 0.3 is 0 Å². The number of benzene rings is 1. The first kappa shape index (κ1) is 16.1. The van der Waals surface area contributed by atoms with Crippen molar-refractivity contribution in [3.63, 3.8) is 0 Å². The van der Waals surface area contributed by atoms with Crippen LogP contribution in [0.3, 0.4) is 0 Å². The summed E-state index contributed by atoms with van der Waals surface area (Å²) >= 11 is 5.09. The van der Waals surface area contributed by atoms with Crippen LogP contribution < -0.4 is 10.2 Å². The van der Waals surface area contributed by atoms with Gasteiger partial charge in [-0.15, -0.1) is 11.3 Å². The summed E-state index contributed by atoms with van der Waals surface area (Å²) in [5.41, 5.74) is 1.06. The molecule has 0 saturated carbocycles. The van der Waals surface area contributed by atoms with Crippen LogP contribution >= 0.6 is 27.3 Å². The summed E-state index contributed by atoms with van der Waals surface area (Å²) in [5.74, 6) is -0.427. The van der Waals surface area contributed by atoms with Crippen LogP contribution in [0.5, 0.6) is 0 Å². The van der Waals surface area contributed by atoms with Gasteiger partial charge in [-0.3, -0.25) is 4.79 Å². The van der Waals surface area contributed by atoms with Crippen LogP contribution in [-0.4, -0.2) is 19.5 Å². The summed E-state index contributed by atoms with van der Waals surface area (Å²) in [6, 6.07) is 8.76. The van der Waals surface area contributed by atoms with Gasteiger partial charge in [-0.1, -0.05) is 6.07 Å². The van der Waals surface area contributed by atoms with E-state index in [1.54, 1.807) is 30.4 Å². The van der Waals surface area contributed by atoms with Gasteiger partial charge in [0.15, 0.2) is 6.54 Å². The lowest BCUT2D eigenvalue weighted by Gasteiger charge is -2.13. The molecule has 0 aliphatic heterocycles. The van der Waals surface area contributed by atoms with Crippen LogP contribution in [-0.2, 0) is 11.3 Å². The number of halogens is 2. The fraction of sp³-hybridized carbons (Fsp3) is 0.267. The van der Waals surface area contributed by atoms with Crippen LogP contribution in [0, 0.1) is 12.7 Å². The molecule has 0 spiro atoms. The molecular weight excluding hydrogens is 355 g/mol. The minimum atomic E-state index is -0.308. The first-order valence-corrected chi connectivity index (χ1v) is 8.16. The van der Waals surface area contributed by atoms with E-state index in [9.17, 15) is 9.18 Å². The first-order chi connectivity index (χ1) is 9.94. The molecule has 6 heteroatoms. The summed E-state index contributed by atoms with van der Waals surface area (Å²) in [4.78, 5) is 14.2. The number of nitrogens with one attached hydrogen (secondary N) is 2. The Morgan fingerprint density at radius 3 is 2.76 bits per heavy atom. The molecule has 1 aromatic heterocycles. The minimum Gasteiger partial charge on any atom is -0.325 e. The molecule has 0 fully saturated rings. The molecule has 21 heavy (non-hydrogen) atoms. The molecular formula is C15H17BrFN2OS+. The molecule has 1 amide bonds. The van der Waals surface area contributed by atoms with E-state index in [0.29, 0.717) is 17.8 Å². The third-order valence-electron chi connectivity index (χ3n) is 3.02. The number of carbonyl (C=O) groups is 1. The van der Waals surface area contributed by atoms with Crippen molar-refractivity contribution in [2.75, 3.05) is 18.9 Å². The molecule has 2 N–H and O–H groups in total. The molecule has 1 aromatic carbocycles. The first-order valence-electron chi connectivity index (χ1n) is 6.55. The van der Waals surface area contributed by atoms with Crippen LogP contribution in [0.25, 0.3) is 0 Å². The zero-order chi connectivity index (χ0) is 15.4. The Labute approximate surface area is 135 Å². The van der Waals surface area contributed by atoms with Gasteiger partial charge in [0, 0.05) is 5.69 Å². The fourth-order valence-electron chi connectivity index (χ4n) is 1.96. The van der Waals surface area contributed by atoms with Crippen LogP contribution in [0.15, 0.2) is 34.1 Å². The van der Waals surface area contributed by atoms with E-state index in [2.05, 4.69) is 21.2 Å².